The quantitative estimate of drug-likeness (QED) is 0.919. The Kier molecular flexibility index (Phi) is 3.59. The molecule has 0 aliphatic carbocycles. The number of carbonyl (C=O) groups is 1. The summed E-state index contributed by atoms with van der Waals surface area (Å²) >= 11 is 12.0. The number of hydrogen-bond donors (Lipinski definition) is 1. The Balaban J connectivity index is 2.30. The number of carbonyl (C=O) groups excluding carboxylic acids is 1. The van der Waals surface area contributed by atoms with Crippen LogP contribution in [0.15, 0.2) is 24.3 Å². The van der Waals surface area contributed by atoms with Crippen LogP contribution in [0, 0.1) is 6.92 Å². The van der Waals surface area contributed by atoms with Crippen molar-refractivity contribution in [2.45, 2.75) is 6.92 Å². The molecular weight excluding hydrogens is 273 g/mol. The molecule has 1 aromatic heterocycles. The van der Waals surface area contributed by atoms with Crippen molar-refractivity contribution in [1.29, 1.82) is 0 Å². The maximum atomic E-state index is 12.1. The first-order valence-electron chi connectivity index (χ1n) is 5.25. The van der Waals surface area contributed by atoms with Crippen molar-refractivity contribution in [2.75, 3.05) is 5.32 Å². The molecule has 1 aromatic carbocycles. The SMILES string of the molecule is Cc1cc(C(=O)Nc2c(Cl)cccc2Cl)n(C)n1. The Hall–Kier alpha value is -1.52. The fourth-order valence-electron chi connectivity index (χ4n) is 1.62. The Labute approximate surface area is 115 Å². The number of nitrogens with zero attached hydrogens (tertiary/aromatic N) is 2. The zero-order valence-corrected chi connectivity index (χ0v) is 11.4. The molecule has 0 bridgehead atoms. The number of hydrogen-bond acceptors (Lipinski definition) is 2. The monoisotopic (exact) mass is 283 g/mol. The lowest BCUT2D eigenvalue weighted by Crippen LogP contribution is -2.16. The van der Waals surface area contributed by atoms with Crippen molar-refractivity contribution in [3.63, 3.8) is 0 Å². The Bertz CT molecular complexity index is 587. The number of aryl methyl sites for hydroxylation is 2. The van der Waals surface area contributed by atoms with Gasteiger partial charge in [-0.2, -0.15) is 5.10 Å². The molecule has 0 aliphatic rings. The van der Waals surface area contributed by atoms with Gasteiger partial charge in [0.1, 0.15) is 5.69 Å². The highest BCUT2D eigenvalue weighted by Crippen LogP contribution is 2.30. The van der Waals surface area contributed by atoms with Crippen molar-refractivity contribution in [2.24, 2.45) is 7.05 Å². The summed E-state index contributed by atoms with van der Waals surface area (Å²) in [6.45, 7) is 1.82. The molecule has 94 valence electrons. The molecule has 6 heteroatoms. The summed E-state index contributed by atoms with van der Waals surface area (Å²) in [5.74, 6) is -0.298. The largest absolute Gasteiger partial charge is 0.318 e. The van der Waals surface area contributed by atoms with E-state index in [1.165, 1.54) is 4.68 Å². The zero-order chi connectivity index (χ0) is 13.3. The lowest BCUT2D eigenvalue weighted by molar-refractivity contribution is 0.101. The third kappa shape index (κ3) is 2.49. The molecule has 0 fully saturated rings. The summed E-state index contributed by atoms with van der Waals surface area (Å²) in [6.07, 6.45) is 0. The minimum atomic E-state index is -0.298. The van der Waals surface area contributed by atoms with Gasteiger partial charge in [0.2, 0.25) is 0 Å². The number of benzene rings is 1. The summed E-state index contributed by atoms with van der Waals surface area (Å²) in [4.78, 5) is 12.1. The summed E-state index contributed by atoms with van der Waals surface area (Å²) in [6, 6.07) is 6.74. The first-order chi connectivity index (χ1) is 8.49. The van der Waals surface area contributed by atoms with E-state index in [2.05, 4.69) is 10.4 Å². The second-order valence-electron chi connectivity index (χ2n) is 3.85. The van der Waals surface area contributed by atoms with Crippen LogP contribution >= 0.6 is 23.2 Å². The lowest BCUT2D eigenvalue weighted by Gasteiger charge is -2.08. The molecule has 1 amide bonds. The number of para-hydroxylation sites is 1. The average molecular weight is 284 g/mol. The molecule has 0 spiro atoms. The van der Waals surface area contributed by atoms with Gasteiger partial charge in [-0.15, -0.1) is 0 Å². The highest BCUT2D eigenvalue weighted by atomic mass is 35.5. The molecule has 0 unspecified atom stereocenters. The van der Waals surface area contributed by atoms with Crippen molar-refractivity contribution >= 4 is 34.8 Å². The number of nitrogens with one attached hydrogen (secondary N) is 1. The number of aromatic nitrogens is 2. The molecule has 0 saturated heterocycles. The topological polar surface area (TPSA) is 46.9 Å². The second kappa shape index (κ2) is 5.00. The van der Waals surface area contributed by atoms with Crippen LogP contribution in [0.1, 0.15) is 16.2 Å². The van der Waals surface area contributed by atoms with Crippen LogP contribution in [0.3, 0.4) is 0 Å². The van der Waals surface area contributed by atoms with E-state index >= 15 is 0 Å². The van der Waals surface area contributed by atoms with Crippen LogP contribution < -0.4 is 5.32 Å². The first kappa shape index (κ1) is 12.9. The van der Waals surface area contributed by atoms with Gasteiger partial charge in [0, 0.05) is 7.05 Å². The van der Waals surface area contributed by atoms with Gasteiger partial charge in [-0.05, 0) is 25.1 Å². The minimum absolute atomic E-state index is 0.298. The summed E-state index contributed by atoms with van der Waals surface area (Å²) < 4.78 is 1.51. The molecule has 18 heavy (non-hydrogen) atoms. The lowest BCUT2D eigenvalue weighted by atomic mass is 10.3. The van der Waals surface area contributed by atoms with Crippen LogP contribution in [0.2, 0.25) is 10.0 Å². The Morgan fingerprint density at radius 2 is 1.94 bits per heavy atom. The maximum absolute atomic E-state index is 12.1. The standard InChI is InChI=1S/C12H11Cl2N3O/c1-7-6-10(17(2)16-7)12(18)15-11-8(13)4-3-5-9(11)14/h3-6H,1-2H3,(H,15,18). The number of amides is 1. The van der Waals surface area contributed by atoms with Gasteiger partial charge in [0.05, 0.1) is 21.4 Å². The molecule has 1 heterocycles. The van der Waals surface area contributed by atoms with Gasteiger partial charge in [-0.1, -0.05) is 29.3 Å². The van der Waals surface area contributed by atoms with Crippen LogP contribution in [0.25, 0.3) is 0 Å². The van der Waals surface area contributed by atoms with Crippen LogP contribution in [0.4, 0.5) is 5.69 Å². The summed E-state index contributed by atoms with van der Waals surface area (Å²) in [5, 5.41) is 7.59. The first-order valence-corrected chi connectivity index (χ1v) is 6.00. The Morgan fingerprint density at radius 1 is 1.33 bits per heavy atom. The fourth-order valence-corrected chi connectivity index (χ4v) is 2.11. The van der Waals surface area contributed by atoms with E-state index in [0.717, 1.165) is 5.69 Å². The van der Waals surface area contributed by atoms with E-state index in [1.807, 2.05) is 6.92 Å². The van der Waals surface area contributed by atoms with Crippen LogP contribution in [-0.4, -0.2) is 15.7 Å². The van der Waals surface area contributed by atoms with Crippen molar-refractivity contribution in [1.82, 2.24) is 9.78 Å². The molecular formula is C12H11Cl2N3O. The van der Waals surface area contributed by atoms with Crippen molar-refractivity contribution in [3.8, 4) is 0 Å². The molecule has 0 saturated carbocycles. The summed E-state index contributed by atoms with van der Waals surface area (Å²) in [7, 11) is 1.70. The van der Waals surface area contributed by atoms with E-state index in [0.29, 0.717) is 21.4 Å². The van der Waals surface area contributed by atoms with E-state index in [9.17, 15) is 4.79 Å². The number of rotatable bonds is 2. The smallest absolute Gasteiger partial charge is 0.274 e. The van der Waals surface area contributed by atoms with Crippen LogP contribution in [0.5, 0.6) is 0 Å². The second-order valence-corrected chi connectivity index (χ2v) is 4.66. The van der Waals surface area contributed by atoms with E-state index in [1.54, 1.807) is 31.3 Å². The van der Waals surface area contributed by atoms with Gasteiger partial charge >= 0.3 is 0 Å². The van der Waals surface area contributed by atoms with Gasteiger partial charge < -0.3 is 5.32 Å². The van der Waals surface area contributed by atoms with E-state index in [-0.39, 0.29) is 5.91 Å². The third-order valence-electron chi connectivity index (χ3n) is 2.44. The molecule has 2 rings (SSSR count). The van der Waals surface area contributed by atoms with E-state index < -0.39 is 0 Å². The molecule has 2 aromatic rings. The molecule has 1 N–H and O–H groups in total. The zero-order valence-electron chi connectivity index (χ0n) is 9.87. The van der Waals surface area contributed by atoms with Crippen molar-refractivity contribution in [3.05, 3.63) is 45.7 Å². The molecule has 0 atom stereocenters. The number of halogens is 2. The van der Waals surface area contributed by atoms with Gasteiger partial charge in [0.15, 0.2) is 0 Å². The average Bonchev–Trinajstić information content (AvgIpc) is 2.63. The van der Waals surface area contributed by atoms with Gasteiger partial charge in [-0.25, -0.2) is 0 Å². The fraction of sp³-hybridized carbons (Fsp3) is 0.167. The Morgan fingerprint density at radius 3 is 2.44 bits per heavy atom. The molecule has 0 radical (unpaired) electrons. The highest BCUT2D eigenvalue weighted by molar-refractivity contribution is 6.39. The normalized spacial score (nSPS) is 10.4. The predicted molar refractivity (Wildman–Crippen MR) is 72.4 cm³/mol. The molecule has 0 aliphatic heterocycles. The van der Waals surface area contributed by atoms with Crippen LogP contribution in [-0.2, 0) is 7.05 Å². The third-order valence-corrected chi connectivity index (χ3v) is 3.07. The van der Waals surface area contributed by atoms with Crippen molar-refractivity contribution < 1.29 is 4.79 Å². The highest BCUT2D eigenvalue weighted by Gasteiger charge is 2.15. The van der Waals surface area contributed by atoms with Gasteiger partial charge in [0.25, 0.3) is 5.91 Å². The number of anilines is 1. The predicted octanol–water partition coefficient (Wildman–Crippen LogP) is 3.29. The molecule has 4 nitrogen and oxygen atoms in total. The maximum Gasteiger partial charge on any atom is 0.274 e. The van der Waals surface area contributed by atoms with E-state index in [4.69, 9.17) is 23.2 Å². The minimum Gasteiger partial charge on any atom is -0.318 e. The van der Waals surface area contributed by atoms with Gasteiger partial charge in [-0.3, -0.25) is 9.48 Å². The summed E-state index contributed by atoms with van der Waals surface area (Å²) in [5.41, 5.74) is 1.63.